The summed E-state index contributed by atoms with van der Waals surface area (Å²) in [6.07, 6.45) is 1.41. The smallest absolute Gasteiger partial charge is 0.232 e. The lowest BCUT2D eigenvalue weighted by molar-refractivity contribution is -0.128. The summed E-state index contributed by atoms with van der Waals surface area (Å²) in [4.78, 5) is 18.8. The molecule has 1 aliphatic heterocycles. The Morgan fingerprint density at radius 2 is 1.82 bits per heavy atom. The summed E-state index contributed by atoms with van der Waals surface area (Å²) in [6, 6.07) is 15.9. The molecule has 2 heterocycles. The number of aryl methyl sites for hydroxylation is 1. The molecule has 1 aromatic heterocycles. The van der Waals surface area contributed by atoms with Gasteiger partial charge < -0.3 is 14.2 Å². The number of hydrogen-bond donors (Lipinski definition) is 0. The molecule has 28 heavy (non-hydrogen) atoms. The Labute approximate surface area is 164 Å². The number of amides is 1. The Hall–Kier alpha value is -3.15. The third-order valence-corrected chi connectivity index (χ3v) is 5.16. The minimum Gasteiger partial charge on any atom is -0.497 e. The SMILES string of the molecule is CCc1ccc(CN2CC(c3nc(-c4ccc(OC)cc4)no3)CC2=O)cc1. The van der Waals surface area contributed by atoms with E-state index in [1.807, 2.05) is 29.2 Å². The van der Waals surface area contributed by atoms with E-state index in [4.69, 9.17) is 9.26 Å². The van der Waals surface area contributed by atoms with Crippen LogP contribution in [-0.4, -0.2) is 34.6 Å². The molecule has 1 fully saturated rings. The Kier molecular flexibility index (Phi) is 5.10. The number of carbonyl (C=O) groups is 1. The summed E-state index contributed by atoms with van der Waals surface area (Å²) < 4.78 is 10.6. The standard InChI is InChI=1S/C22H23N3O3/c1-3-15-4-6-16(7-5-15)13-25-14-18(12-20(25)26)22-23-21(24-28-22)17-8-10-19(27-2)11-9-17/h4-11,18H,3,12-14H2,1-2H3. The number of likely N-dealkylation sites (tertiary alicyclic amines) is 1. The number of nitrogens with zero attached hydrogens (tertiary/aromatic N) is 3. The van der Waals surface area contributed by atoms with Crippen LogP contribution in [0.3, 0.4) is 0 Å². The fraction of sp³-hybridized carbons (Fsp3) is 0.318. The van der Waals surface area contributed by atoms with Crippen molar-refractivity contribution in [2.75, 3.05) is 13.7 Å². The largest absolute Gasteiger partial charge is 0.497 e. The van der Waals surface area contributed by atoms with Crippen molar-refractivity contribution < 1.29 is 14.1 Å². The highest BCUT2D eigenvalue weighted by Crippen LogP contribution is 2.30. The number of benzene rings is 2. The van der Waals surface area contributed by atoms with Crippen molar-refractivity contribution in [1.29, 1.82) is 0 Å². The molecule has 6 nitrogen and oxygen atoms in total. The first-order valence-electron chi connectivity index (χ1n) is 9.50. The van der Waals surface area contributed by atoms with Crippen LogP contribution < -0.4 is 4.74 Å². The zero-order chi connectivity index (χ0) is 19.5. The van der Waals surface area contributed by atoms with Gasteiger partial charge in [0.1, 0.15) is 5.75 Å². The molecule has 0 N–H and O–H groups in total. The van der Waals surface area contributed by atoms with E-state index in [0.717, 1.165) is 23.3 Å². The lowest BCUT2D eigenvalue weighted by atomic mass is 10.1. The zero-order valence-corrected chi connectivity index (χ0v) is 16.1. The molecule has 0 aliphatic carbocycles. The average molecular weight is 377 g/mol. The summed E-state index contributed by atoms with van der Waals surface area (Å²) in [7, 11) is 1.63. The van der Waals surface area contributed by atoms with Gasteiger partial charge in [0.15, 0.2) is 0 Å². The van der Waals surface area contributed by atoms with E-state index >= 15 is 0 Å². The molecule has 1 unspecified atom stereocenters. The predicted octanol–water partition coefficient (Wildman–Crippen LogP) is 3.82. The molecule has 0 saturated carbocycles. The van der Waals surface area contributed by atoms with Crippen LogP contribution in [0.1, 0.15) is 36.3 Å². The number of methoxy groups -OCH3 is 1. The van der Waals surface area contributed by atoms with Crippen LogP contribution in [0.25, 0.3) is 11.4 Å². The van der Waals surface area contributed by atoms with Crippen LogP contribution in [0.2, 0.25) is 0 Å². The van der Waals surface area contributed by atoms with Gasteiger partial charge >= 0.3 is 0 Å². The van der Waals surface area contributed by atoms with E-state index < -0.39 is 0 Å². The van der Waals surface area contributed by atoms with E-state index in [-0.39, 0.29) is 11.8 Å². The highest BCUT2D eigenvalue weighted by atomic mass is 16.5. The fourth-order valence-corrected chi connectivity index (χ4v) is 3.45. The first-order chi connectivity index (χ1) is 13.7. The molecule has 1 saturated heterocycles. The van der Waals surface area contributed by atoms with E-state index in [9.17, 15) is 4.79 Å². The lowest BCUT2D eigenvalue weighted by Crippen LogP contribution is -2.24. The highest BCUT2D eigenvalue weighted by molar-refractivity contribution is 5.79. The van der Waals surface area contributed by atoms with E-state index in [1.165, 1.54) is 5.56 Å². The van der Waals surface area contributed by atoms with Gasteiger partial charge in [0.25, 0.3) is 0 Å². The third-order valence-electron chi connectivity index (χ3n) is 5.16. The van der Waals surface area contributed by atoms with Crippen LogP contribution in [0.15, 0.2) is 53.1 Å². The number of ether oxygens (including phenoxy) is 1. The number of rotatable bonds is 6. The molecule has 1 aliphatic rings. The van der Waals surface area contributed by atoms with Gasteiger partial charge in [-0.3, -0.25) is 4.79 Å². The molecular formula is C22H23N3O3. The topological polar surface area (TPSA) is 68.5 Å². The van der Waals surface area contributed by atoms with E-state index in [2.05, 4.69) is 41.3 Å². The second kappa shape index (κ2) is 7.84. The molecule has 1 amide bonds. The van der Waals surface area contributed by atoms with E-state index in [0.29, 0.717) is 31.2 Å². The van der Waals surface area contributed by atoms with Gasteiger partial charge in [0.2, 0.25) is 17.6 Å². The van der Waals surface area contributed by atoms with Crippen molar-refractivity contribution >= 4 is 5.91 Å². The molecule has 2 aromatic carbocycles. The van der Waals surface area contributed by atoms with Crippen molar-refractivity contribution in [1.82, 2.24) is 15.0 Å². The van der Waals surface area contributed by atoms with Crippen molar-refractivity contribution in [3.63, 3.8) is 0 Å². The average Bonchev–Trinajstić information content (AvgIpc) is 3.36. The minimum absolute atomic E-state index is 0.0677. The highest BCUT2D eigenvalue weighted by Gasteiger charge is 2.34. The number of carbonyl (C=O) groups excluding carboxylic acids is 1. The zero-order valence-electron chi connectivity index (χ0n) is 16.1. The Morgan fingerprint density at radius 1 is 1.11 bits per heavy atom. The third kappa shape index (κ3) is 3.76. The van der Waals surface area contributed by atoms with Gasteiger partial charge in [-0.25, -0.2) is 0 Å². The van der Waals surface area contributed by atoms with Crippen molar-refractivity contribution in [3.8, 4) is 17.1 Å². The Bertz CT molecular complexity index is 948. The molecule has 0 bridgehead atoms. The van der Waals surface area contributed by atoms with Crippen LogP contribution in [0.4, 0.5) is 0 Å². The molecule has 6 heteroatoms. The summed E-state index contributed by atoms with van der Waals surface area (Å²) in [5.74, 6) is 1.87. The van der Waals surface area contributed by atoms with Gasteiger partial charge in [-0.05, 0) is 41.8 Å². The summed E-state index contributed by atoms with van der Waals surface area (Å²) in [5, 5.41) is 4.08. The van der Waals surface area contributed by atoms with Gasteiger partial charge in [0.05, 0.1) is 13.0 Å². The monoisotopic (exact) mass is 377 g/mol. The van der Waals surface area contributed by atoms with Gasteiger partial charge in [-0.1, -0.05) is 36.3 Å². The van der Waals surface area contributed by atoms with Gasteiger partial charge in [-0.2, -0.15) is 4.98 Å². The van der Waals surface area contributed by atoms with E-state index in [1.54, 1.807) is 7.11 Å². The van der Waals surface area contributed by atoms with Crippen LogP contribution in [0, 0.1) is 0 Å². The molecule has 0 spiro atoms. The summed E-state index contributed by atoms with van der Waals surface area (Å²) in [5.41, 5.74) is 3.29. The maximum absolute atomic E-state index is 12.5. The Morgan fingerprint density at radius 3 is 2.50 bits per heavy atom. The van der Waals surface area contributed by atoms with Crippen molar-refractivity contribution in [2.24, 2.45) is 0 Å². The first-order valence-corrected chi connectivity index (χ1v) is 9.50. The number of aromatic nitrogens is 2. The Balaban J connectivity index is 1.44. The second-order valence-electron chi connectivity index (χ2n) is 7.03. The summed E-state index contributed by atoms with van der Waals surface area (Å²) >= 11 is 0. The van der Waals surface area contributed by atoms with Crippen LogP contribution in [0.5, 0.6) is 5.75 Å². The molecule has 3 aromatic rings. The molecule has 4 rings (SSSR count). The maximum atomic E-state index is 12.5. The van der Waals surface area contributed by atoms with Crippen LogP contribution in [-0.2, 0) is 17.8 Å². The molecule has 1 atom stereocenters. The maximum Gasteiger partial charge on any atom is 0.232 e. The second-order valence-corrected chi connectivity index (χ2v) is 7.03. The van der Waals surface area contributed by atoms with Gasteiger partial charge in [0, 0.05) is 25.1 Å². The normalized spacial score (nSPS) is 16.6. The first kappa shape index (κ1) is 18.2. The molecular weight excluding hydrogens is 354 g/mol. The predicted molar refractivity (Wildman–Crippen MR) is 105 cm³/mol. The van der Waals surface area contributed by atoms with Crippen molar-refractivity contribution in [3.05, 3.63) is 65.5 Å². The quantitative estimate of drug-likeness (QED) is 0.653. The molecule has 144 valence electrons. The minimum atomic E-state index is -0.0677. The van der Waals surface area contributed by atoms with Gasteiger partial charge in [-0.15, -0.1) is 0 Å². The lowest BCUT2D eigenvalue weighted by Gasteiger charge is -2.16. The number of hydrogen-bond acceptors (Lipinski definition) is 5. The summed E-state index contributed by atoms with van der Waals surface area (Å²) in [6.45, 7) is 3.34. The van der Waals surface area contributed by atoms with Crippen molar-refractivity contribution in [2.45, 2.75) is 32.2 Å². The molecule has 0 radical (unpaired) electrons. The fourth-order valence-electron chi connectivity index (χ4n) is 3.45. The van der Waals surface area contributed by atoms with Crippen LogP contribution >= 0.6 is 0 Å².